The van der Waals surface area contributed by atoms with Crippen molar-refractivity contribution in [1.29, 1.82) is 0 Å². The Bertz CT molecular complexity index is 464. The fourth-order valence-corrected chi connectivity index (χ4v) is 2.28. The number of benzene rings is 1. The Labute approximate surface area is 116 Å². The van der Waals surface area contributed by atoms with E-state index < -0.39 is 0 Å². The highest BCUT2D eigenvalue weighted by atomic mass is 79.9. The molecule has 0 saturated heterocycles. The molecule has 4 heteroatoms. The Balaban J connectivity index is 2.12. The Hall–Kier alpha value is -1.18. The molecule has 0 spiro atoms. The second-order valence-corrected chi connectivity index (χ2v) is 5.11. The molecule has 1 aromatic carbocycles. The quantitative estimate of drug-likeness (QED) is 0.820. The summed E-state index contributed by atoms with van der Waals surface area (Å²) < 4.78 is 11.7. The van der Waals surface area contributed by atoms with Gasteiger partial charge in [0.15, 0.2) is 11.5 Å². The number of terminal acetylenes is 1. The van der Waals surface area contributed by atoms with E-state index in [1.807, 2.05) is 12.1 Å². The predicted molar refractivity (Wildman–Crippen MR) is 74.9 cm³/mol. The molecule has 18 heavy (non-hydrogen) atoms. The zero-order valence-electron chi connectivity index (χ0n) is 10.3. The molecule has 96 valence electrons. The fourth-order valence-electron chi connectivity index (χ4n) is 1.68. The first kappa shape index (κ1) is 13.3. The third-order valence-corrected chi connectivity index (χ3v) is 3.35. The van der Waals surface area contributed by atoms with Gasteiger partial charge in [0.25, 0.3) is 0 Å². The van der Waals surface area contributed by atoms with Crippen LogP contribution in [-0.2, 0) is 6.54 Å². The summed E-state index contributed by atoms with van der Waals surface area (Å²) in [6.07, 6.45) is 7.75. The lowest BCUT2D eigenvalue weighted by atomic mass is 10.2. The van der Waals surface area contributed by atoms with Crippen LogP contribution in [0.1, 0.15) is 18.4 Å². The zero-order chi connectivity index (χ0) is 13.0. The van der Waals surface area contributed by atoms with Gasteiger partial charge in [0.1, 0.15) is 6.61 Å². The number of hydrogen-bond acceptors (Lipinski definition) is 3. The fraction of sp³-hybridized carbons (Fsp3) is 0.429. The van der Waals surface area contributed by atoms with Gasteiger partial charge in [-0.2, -0.15) is 0 Å². The lowest BCUT2D eigenvalue weighted by Crippen LogP contribution is -2.15. The summed E-state index contributed by atoms with van der Waals surface area (Å²) in [6, 6.07) is 4.70. The molecule has 0 aromatic heterocycles. The van der Waals surface area contributed by atoms with E-state index in [4.69, 9.17) is 15.9 Å². The maximum Gasteiger partial charge on any atom is 0.176 e. The summed E-state index contributed by atoms with van der Waals surface area (Å²) >= 11 is 3.49. The number of halogens is 1. The molecular weight excluding hydrogens is 294 g/mol. The van der Waals surface area contributed by atoms with Gasteiger partial charge in [-0.25, -0.2) is 0 Å². The summed E-state index contributed by atoms with van der Waals surface area (Å²) in [5.74, 6) is 3.81. The van der Waals surface area contributed by atoms with Crippen molar-refractivity contribution in [2.45, 2.75) is 25.4 Å². The van der Waals surface area contributed by atoms with Gasteiger partial charge in [-0.3, -0.25) is 0 Å². The van der Waals surface area contributed by atoms with Crippen molar-refractivity contribution < 1.29 is 9.47 Å². The van der Waals surface area contributed by atoms with Gasteiger partial charge in [0, 0.05) is 12.6 Å². The minimum Gasteiger partial charge on any atom is -0.493 e. The van der Waals surface area contributed by atoms with Crippen LogP contribution in [0.4, 0.5) is 0 Å². The van der Waals surface area contributed by atoms with E-state index >= 15 is 0 Å². The third-order valence-electron chi connectivity index (χ3n) is 2.76. The van der Waals surface area contributed by atoms with Crippen LogP contribution in [0.3, 0.4) is 0 Å². The van der Waals surface area contributed by atoms with Crippen LogP contribution in [0.25, 0.3) is 0 Å². The molecule has 1 aliphatic carbocycles. The third kappa shape index (κ3) is 3.41. The van der Waals surface area contributed by atoms with Gasteiger partial charge in [0.2, 0.25) is 0 Å². The molecule has 0 bridgehead atoms. The predicted octanol–water partition coefficient (Wildman–Crippen LogP) is 2.72. The molecule has 1 fully saturated rings. The van der Waals surface area contributed by atoms with E-state index in [1.54, 1.807) is 7.11 Å². The van der Waals surface area contributed by atoms with E-state index in [0.29, 0.717) is 17.5 Å². The van der Waals surface area contributed by atoms with Crippen LogP contribution in [0.15, 0.2) is 16.6 Å². The number of rotatable bonds is 6. The summed E-state index contributed by atoms with van der Waals surface area (Å²) in [6.45, 7) is 1.07. The lowest BCUT2D eigenvalue weighted by molar-refractivity contribution is 0.328. The number of hydrogen-bond donors (Lipinski definition) is 1. The van der Waals surface area contributed by atoms with Crippen LogP contribution in [0.5, 0.6) is 11.5 Å². The molecule has 0 unspecified atom stereocenters. The van der Waals surface area contributed by atoms with Crippen molar-refractivity contribution in [2.24, 2.45) is 0 Å². The first-order chi connectivity index (χ1) is 8.74. The van der Waals surface area contributed by atoms with Crippen molar-refractivity contribution in [2.75, 3.05) is 13.7 Å². The normalized spacial score (nSPS) is 14.1. The number of ether oxygens (including phenoxy) is 2. The van der Waals surface area contributed by atoms with Crippen molar-refractivity contribution in [1.82, 2.24) is 5.32 Å². The average Bonchev–Trinajstić information content (AvgIpc) is 3.18. The van der Waals surface area contributed by atoms with Gasteiger partial charge in [-0.1, -0.05) is 5.92 Å². The Morgan fingerprint density at radius 1 is 1.50 bits per heavy atom. The van der Waals surface area contributed by atoms with Gasteiger partial charge >= 0.3 is 0 Å². The molecule has 1 saturated carbocycles. The van der Waals surface area contributed by atoms with Gasteiger partial charge in [0.05, 0.1) is 11.6 Å². The molecular formula is C14H16BrNO2. The molecule has 0 amide bonds. The van der Waals surface area contributed by atoms with E-state index in [1.165, 1.54) is 18.4 Å². The standard InChI is InChI=1S/C14H16BrNO2/c1-3-6-18-14-12(15)7-10(8-13(14)17-2)9-16-11-4-5-11/h1,7-8,11,16H,4-6,9H2,2H3. The summed E-state index contributed by atoms with van der Waals surface area (Å²) in [5.41, 5.74) is 1.17. The summed E-state index contributed by atoms with van der Waals surface area (Å²) in [5, 5.41) is 3.46. The summed E-state index contributed by atoms with van der Waals surface area (Å²) in [4.78, 5) is 0. The van der Waals surface area contributed by atoms with Crippen LogP contribution in [0.2, 0.25) is 0 Å². The molecule has 1 aliphatic rings. The highest BCUT2D eigenvalue weighted by Crippen LogP contribution is 2.36. The molecule has 0 heterocycles. The van der Waals surface area contributed by atoms with Crippen molar-refractivity contribution in [3.63, 3.8) is 0 Å². The smallest absolute Gasteiger partial charge is 0.176 e. The lowest BCUT2D eigenvalue weighted by Gasteiger charge is -2.13. The van der Waals surface area contributed by atoms with E-state index in [-0.39, 0.29) is 6.61 Å². The van der Waals surface area contributed by atoms with Gasteiger partial charge < -0.3 is 14.8 Å². The molecule has 3 nitrogen and oxygen atoms in total. The van der Waals surface area contributed by atoms with Crippen LogP contribution < -0.4 is 14.8 Å². The Morgan fingerprint density at radius 2 is 2.28 bits per heavy atom. The van der Waals surface area contributed by atoms with E-state index in [9.17, 15) is 0 Å². The largest absolute Gasteiger partial charge is 0.493 e. The van der Waals surface area contributed by atoms with E-state index in [2.05, 4.69) is 27.2 Å². The first-order valence-corrected chi connectivity index (χ1v) is 6.70. The van der Waals surface area contributed by atoms with E-state index in [0.717, 1.165) is 11.0 Å². The number of methoxy groups -OCH3 is 1. The van der Waals surface area contributed by atoms with Gasteiger partial charge in [-0.15, -0.1) is 6.42 Å². The monoisotopic (exact) mass is 309 g/mol. The highest BCUT2D eigenvalue weighted by molar-refractivity contribution is 9.10. The molecule has 1 N–H and O–H groups in total. The molecule has 1 aromatic rings. The van der Waals surface area contributed by atoms with Gasteiger partial charge in [-0.05, 0) is 46.5 Å². The minimum absolute atomic E-state index is 0.231. The highest BCUT2D eigenvalue weighted by Gasteiger charge is 2.20. The maximum absolute atomic E-state index is 5.47. The SMILES string of the molecule is C#CCOc1c(Br)cc(CNC2CC2)cc1OC. The maximum atomic E-state index is 5.47. The number of nitrogens with one attached hydrogen (secondary N) is 1. The Morgan fingerprint density at radius 3 is 2.89 bits per heavy atom. The van der Waals surface area contributed by atoms with Crippen molar-refractivity contribution in [3.05, 3.63) is 22.2 Å². The molecule has 0 radical (unpaired) electrons. The van der Waals surface area contributed by atoms with Crippen LogP contribution >= 0.6 is 15.9 Å². The first-order valence-electron chi connectivity index (χ1n) is 5.90. The topological polar surface area (TPSA) is 30.5 Å². The average molecular weight is 310 g/mol. The summed E-state index contributed by atoms with van der Waals surface area (Å²) in [7, 11) is 1.63. The van der Waals surface area contributed by atoms with Crippen LogP contribution in [0, 0.1) is 12.3 Å². The molecule has 0 aliphatic heterocycles. The van der Waals surface area contributed by atoms with Crippen molar-refractivity contribution in [3.8, 4) is 23.8 Å². The molecule has 0 atom stereocenters. The minimum atomic E-state index is 0.231. The zero-order valence-corrected chi connectivity index (χ0v) is 11.9. The van der Waals surface area contributed by atoms with Crippen LogP contribution in [-0.4, -0.2) is 19.8 Å². The second-order valence-electron chi connectivity index (χ2n) is 4.26. The molecule has 2 rings (SSSR count). The Kier molecular flexibility index (Phi) is 4.51. The second kappa shape index (κ2) is 6.12. The van der Waals surface area contributed by atoms with Crippen molar-refractivity contribution >= 4 is 15.9 Å².